The van der Waals surface area contributed by atoms with Gasteiger partial charge in [0.05, 0.1) is 58.6 Å². The number of anilines is 1. The molecule has 0 spiro atoms. The van der Waals surface area contributed by atoms with Crippen LogP contribution in [0.15, 0.2) is 121 Å². The Morgan fingerprint density at radius 3 is 1.33 bits per heavy atom. The fourth-order valence-electron chi connectivity index (χ4n) is 5.18. The maximum Gasteiger partial charge on any atom is 0.337 e. The number of esters is 2. The number of methoxy groups -OCH3 is 2. The summed E-state index contributed by atoms with van der Waals surface area (Å²) in [6.45, 7) is 3.84. The van der Waals surface area contributed by atoms with E-state index in [1.165, 1.54) is 20.3 Å². The van der Waals surface area contributed by atoms with Crippen molar-refractivity contribution in [3.63, 3.8) is 0 Å². The number of benzene rings is 4. The molecule has 2 aromatic heterocycles. The van der Waals surface area contributed by atoms with E-state index in [2.05, 4.69) is 20.4 Å². The average Bonchev–Trinajstić information content (AvgIpc) is 3.27. The van der Waals surface area contributed by atoms with Crippen molar-refractivity contribution in [3.8, 4) is 45.0 Å². The Hall–Kier alpha value is -7.88. The summed E-state index contributed by atoms with van der Waals surface area (Å²) in [5, 5.41) is 27.8. The number of hydrogen-bond donors (Lipinski definition) is 3. The van der Waals surface area contributed by atoms with Crippen molar-refractivity contribution >= 4 is 35.1 Å². The van der Waals surface area contributed by atoms with Crippen molar-refractivity contribution in [1.29, 1.82) is 0 Å². The molecule has 310 valence electrons. The number of para-hydroxylation sites is 2. The fraction of sp³-hybridized carbons (Fsp3) is 0.182. The molecule has 0 bridgehead atoms. The maximum atomic E-state index is 11.6. The minimum Gasteiger partial charge on any atom is -0.465 e. The van der Waals surface area contributed by atoms with Crippen molar-refractivity contribution in [2.45, 2.75) is 39.5 Å². The van der Waals surface area contributed by atoms with Crippen LogP contribution in [-0.4, -0.2) is 63.3 Å². The average molecular weight is 815 g/mol. The summed E-state index contributed by atoms with van der Waals surface area (Å²) in [4.78, 5) is 53.5. The Balaban J connectivity index is 0.000000253. The third-order valence-corrected chi connectivity index (χ3v) is 8.09. The number of carbonyl (C=O) groups is 4. The Bertz CT molecular complexity index is 2360. The van der Waals surface area contributed by atoms with E-state index in [0.29, 0.717) is 63.6 Å². The third kappa shape index (κ3) is 14.3. The van der Waals surface area contributed by atoms with Gasteiger partial charge in [-0.1, -0.05) is 68.4 Å². The molecule has 6 N–H and O–H groups in total. The van der Waals surface area contributed by atoms with Crippen molar-refractivity contribution in [2.75, 3.05) is 20.0 Å². The lowest BCUT2D eigenvalue weighted by atomic mass is 10.1. The second-order valence-corrected chi connectivity index (χ2v) is 12.5. The van der Waals surface area contributed by atoms with Crippen LogP contribution in [0.2, 0.25) is 0 Å². The second-order valence-electron chi connectivity index (χ2n) is 12.5. The standard InChI is InChI=1S/C18H13N3O4.C18H15N3O2.2C4H9NO/c1-25-18(22)13-6-4-5-12(11-13)15-9-10-16(20-19-15)14-7-2-3-8-17(14)21(23)24;1-23-18(22)13-6-4-5-12(11-13)16-9-10-17(21-20-16)14-7-2-3-8-15(14)19;2*1-2-3-4(5)6/h2-11H,1H3;2-11H,19H2,1H3;2*2-3H2,1H3,(H2,5,6). The first-order valence-corrected chi connectivity index (χ1v) is 18.5. The Morgan fingerprint density at radius 1 is 0.567 bits per heavy atom. The van der Waals surface area contributed by atoms with E-state index in [1.807, 2.05) is 56.3 Å². The molecule has 2 amide bonds. The first-order valence-electron chi connectivity index (χ1n) is 18.5. The lowest BCUT2D eigenvalue weighted by molar-refractivity contribution is -0.384. The number of nitro groups is 1. The number of nitrogens with two attached hydrogens (primary N) is 3. The summed E-state index contributed by atoms with van der Waals surface area (Å²) in [5.74, 6) is -1.24. The van der Waals surface area contributed by atoms with E-state index in [-0.39, 0.29) is 23.5 Å². The second kappa shape index (κ2) is 24.0. The van der Waals surface area contributed by atoms with Gasteiger partial charge in [0.25, 0.3) is 5.69 Å². The van der Waals surface area contributed by atoms with Crippen molar-refractivity contribution in [1.82, 2.24) is 20.4 Å². The van der Waals surface area contributed by atoms with Crippen LogP contribution < -0.4 is 17.2 Å². The van der Waals surface area contributed by atoms with E-state index < -0.39 is 10.9 Å². The summed E-state index contributed by atoms with van der Waals surface area (Å²) in [6.07, 6.45) is 2.74. The van der Waals surface area contributed by atoms with Crippen LogP contribution >= 0.6 is 0 Å². The number of aromatic nitrogens is 4. The van der Waals surface area contributed by atoms with E-state index in [0.717, 1.165) is 24.0 Å². The Kier molecular flexibility index (Phi) is 18.6. The molecule has 2 heterocycles. The van der Waals surface area contributed by atoms with Gasteiger partial charge in [-0.25, -0.2) is 9.59 Å². The largest absolute Gasteiger partial charge is 0.465 e. The number of amides is 2. The molecule has 6 rings (SSSR count). The van der Waals surface area contributed by atoms with Gasteiger partial charge in [-0.15, -0.1) is 20.4 Å². The minimum atomic E-state index is -0.454. The van der Waals surface area contributed by atoms with E-state index in [4.69, 9.17) is 26.7 Å². The zero-order valence-electron chi connectivity index (χ0n) is 33.6. The van der Waals surface area contributed by atoms with Crippen LogP contribution in [0.4, 0.5) is 11.4 Å². The maximum absolute atomic E-state index is 11.6. The van der Waals surface area contributed by atoms with Crippen LogP contribution in [0.1, 0.15) is 60.2 Å². The molecule has 0 radical (unpaired) electrons. The molecule has 0 aliphatic carbocycles. The van der Waals surface area contributed by atoms with E-state index in [9.17, 15) is 29.3 Å². The topological polar surface area (TPSA) is 260 Å². The number of hydrogen-bond acceptors (Lipinski definition) is 13. The van der Waals surface area contributed by atoms with Crippen LogP contribution in [0, 0.1) is 10.1 Å². The van der Waals surface area contributed by atoms with Crippen LogP contribution in [0.25, 0.3) is 45.0 Å². The first-order chi connectivity index (χ1) is 28.8. The number of nitrogens with zero attached hydrogens (tertiary/aromatic N) is 5. The SMILES string of the molecule is CCCC(N)=O.CCCC(N)=O.COC(=O)c1cccc(-c2ccc(-c3ccccc3N)nn2)c1.COC(=O)c1cccc(-c2ccc(-c3ccccc3[N+](=O)[O-])nn2)c1. The van der Waals surface area contributed by atoms with Crippen molar-refractivity contribution < 1.29 is 33.6 Å². The highest BCUT2D eigenvalue weighted by Crippen LogP contribution is 2.29. The lowest BCUT2D eigenvalue weighted by Gasteiger charge is -2.06. The monoisotopic (exact) mass is 814 g/mol. The highest BCUT2D eigenvalue weighted by Gasteiger charge is 2.16. The molecule has 0 unspecified atom stereocenters. The van der Waals surface area contributed by atoms with Gasteiger partial charge in [0.1, 0.15) is 0 Å². The van der Waals surface area contributed by atoms with Gasteiger partial charge in [0.15, 0.2) is 0 Å². The predicted molar refractivity (Wildman–Crippen MR) is 228 cm³/mol. The molecular weight excluding hydrogens is 769 g/mol. The number of ether oxygens (including phenoxy) is 2. The Morgan fingerprint density at radius 2 is 0.967 bits per heavy atom. The molecule has 0 saturated heterocycles. The highest BCUT2D eigenvalue weighted by molar-refractivity contribution is 5.91. The van der Waals surface area contributed by atoms with Crippen molar-refractivity contribution in [2.24, 2.45) is 11.5 Å². The predicted octanol–water partition coefficient (Wildman–Crippen LogP) is 7.23. The molecule has 6 aromatic rings. The number of carbonyl (C=O) groups excluding carboxylic acids is 4. The molecular formula is C44H46N8O8. The molecule has 0 saturated carbocycles. The van der Waals surface area contributed by atoms with Gasteiger partial charge in [0.2, 0.25) is 11.8 Å². The number of primary amides is 2. The molecule has 16 heteroatoms. The minimum absolute atomic E-state index is 0.0303. The Labute approximate surface area is 346 Å². The van der Waals surface area contributed by atoms with E-state index >= 15 is 0 Å². The fourth-order valence-corrected chi connectivity index (χ4v) is 5.18. The summed E-state index contributed by atoms with van der Waals surface area (Å²) >= 11 is 0. The van der Waals surface area contributed by atoms with E-state index in [1.54, 1.807) is 72.8 Å². The molecule has 60 heavy (non-hydrogen) atoms. The summed E-state index contributed by atoms with van der Waals surface area (Å²) in [7, 11) is 2.67. The molecule has 4 aromatic carbocycles. The number of nitrogen functional groups attached to an aromatic ring is 1. The van der Waals surface area contributed by atoms with Gasteiger partial charge in [-0.2, -0.15) is 0 Å². The van der Waals surface area contributed by atoms with Gasteiger partial charge in [-0.3, -0.25) is 19.7 Å². The van der Waals surface area contributed by atoms with Crippen LogP contribution in [0.3, 0.4) is 0 Å². The van der Waals surface area contributed by atoms with Crippen molar-refractivity contribution in [3.05, 3.63) is 143 Å². The first kappa shape index (κ1) is 46.5. The van der Waals surface area contributed by atoms with Gasteiger partial charge < -0.3 is 26.7 Å². The lowest BCUT2D eigenvalue weighted by Crippen LogP contribution is -2.08. The molecule has 0 fully saturated rings. The molecule has 0 aliphatic rings. The zero-order chi connectivity index (χ0) is 44.0. The van der Waals surface area contributed by atoms with Gasteiger partial charge in [0, 0.05) is 41.3 Å². The summed E-state index contributed by atoms with van der Waals surface area (Å²) in [5.41, 5.74) is 22.1. The third-order valence-electron chi connectivity index (χ3n) is 8.09. The molecule has 0 atom stereocenters. The number of rotatable bonds is 11. The molecule has 0 aliphatic heterocycles. The normalized spacial score (nSPS) is 9.87. The quantitative estimate of drug-likeness (QED) is 0.0505. The van der Waals surface area contributed by atoms with Gasteiger partial charge in [-0.05, 0) is 73.5 Å². The number of nitro benzene ring substituents is 1. The molecule has 16 nitrogen and oxygen atoms in total. The zero-order valence-corrected chi connectivity index (χ0v) is 33.6. The van der Waals surface area contributed by atoms with Crippen LogP contribution in [-0.2, 0) is 19.1 Å². The highest BCUT2D eigenvalue weighted by atomic mass is 16.6. The summed E-state index contributed by atoms with van der Waals surface area (Å²) < 4.78 is 9.43. The van der Waals surface area contributed by atoms with Gasteiger partial charge >= 0.3 is 11.9 Å². The summed E-state index contributed by atoms with van der Waals surface area (Å²) in [6, 6.07) is 34.8. The van der Waals surface area contributed by atoms with Crippen LogP contribution in [0.5, 0.6) is 0 Å². The smallest absolute Gasteiger partial charge is 0.337 e.